The normalized spacial score (nSPS) is 20.8. The van der Waals surface area contributed by atoms with Gasteiger partial charge in [-0.2, -0.15) is 0 Å². The largest absolute Gasteiger partial charge is 0.389 e. The summed E-state index contributed by atoms with van der Waals surface area (Å²) < 4.78 is 5.49. The zero-order chi connectivity index (χ0) is 10.4. The molecule has 0 aromatic heterocycles. The van der Waals surface area contributed by atoms with Crippen molar-refractivity contribution in [3.05, 3.63) is 0 Å². The number of aliphatic hydroxyl groups is 1. The Morgan fingerprint density at radius 3 is 2.71 bits per heavy atom. The van der Waals surface area contributed by atoms with E-state index in [1.165, 1.54) is 12.8 Å². The summed E-state index contributed by atoms with van der Waals surface area (Å²) >= 11 is 0. The quantitative estimate of drug-likeness (QED) is 0.582. The van der Waals surface area contributed by atoms with E-state index in [0.29, 0.717) is 6.54 Å². The summed E-state index contributed by atoms with van der Waals surface area (Å²) in [5, 5.41) is 9.87. The van der Waals surface area contributed by atoms with Crippen LogP contribution in [0.25, 0.3) is 0 Å². The summed E-state index contributed by atoms with van der Waals surface area (Å²) in [4.78, 5) is 0. The first-order valence-corrected chi connectivity index (χ1v) is 5.70. The van der Waals surface area contributed by atoms with Crippen molar-refractivity contribution in [2.24, 2.45) is 11.7 Å². The molecule has 0 saturated heterocycles. The third-order valence-electron chi connectivity index (χ3n) is 3.02. The highest BCUT2D eigenvalue weighted by Gasteiger charge is 2.23. The van der Waals surface area contributed by atoms with Crippen LogP contribution in [0.2, 0.25) is 0 Å². The van der Waals surface area contributed by atoms with Crippen LogP contribution in [-0.4, -0.2) is 30.5 Å². The molecule has 0 aliphatic heterocycles. The lowest BCUT2D eigenvalue weighted by Crippen LogP contribution is -2.37. The van der Waals surface area contributed by atoms with Gasteiger partial charge in [0.1, 0.15) is 0 Å². The summed E-state index contributed by atoms with van der Waals surface area (Å²) in [5.74, 6) is 0.828. The zero-order valence-corrected chi connectivity index (χ0v) is 9.17. The fourth-order valence-electron chi connectivity index (χ4n) is 1.46. The molecule has 1 unspecified atom stereocenters. The lowest BCUT2D eigenvalue weighted by Gasteiger charge is -2.24. The second-order valence-electron chi connectivity index (χ2n) is 4.40. The monoisotopic (exact) mass is 201 g/mol. The predicted molar refractivity (Wildman–Crippen MR) is 57.1 cm³/mol. The van der Waals surface area contributed by atoms with Gasteiger partial charge in [0, 0.05) is 19.8 Å². The van der Waals surface area contributed by atoms with Gasteiger partial charge in [-0.05, 0) is 38.0 Å². The van der Waals surface area contributed by atoms with E-state index in [4.69, 9.17) is 10.5 Å². The average molecular weight is 201 g/mol. The van der Waals surface area contributed by atoms with Crippen LogP contribution in [0.3, 0.4) is 0 Å². The van der Waals surface area contributed by atoms with Crippen LogP contribution in [0.15, 0.2) is 0 Å². The standard InChI is InChI=1S/C11H23NO2/c1-2-11(13,9-12)6-3-7-14-8-10-4-5-10/h10,13H,2-9,12H2,1H3. The Kier molecular flexibility index (Phi) is 4.85. The molecule has 0 bridgehead atoms. The number of nitrogens with two attached hydrogens (primary N) is 1. The third kappa shape index (κ3) is 4.40. The van der Waals surface area contributed by atoms with Crippen LogP contribution in [0.5, 0.6) is 0 Å². The molecule has 0 amide bonds. The van der Waals surface area contributed by atoms with Gasteiger partial charge in [0.2, 0.25) is 0 Å². The van der Waals surface area contributed by atoms with Crippen LogP contribution in [0.4, 0.5) is 0 Å². The lowest BCUT2D eigenvalue weighted by molar-refractivity contribution is 0.0227. The first-order valence-electron chi connectivity index (χ1n) is 5.70. The van der Waals surface area contributed by atoms with E-state index >= 15 is 0 Å². The Hall–Kier alpha value is -0.120. The minimum absolute atomic E-state index is 0.353. The maximum absolute atomic E-state index is 9.87. The Labute approximate surface area is 86.6 Å². The SMILES string of the molecule is CCC(O)(CN)CCCOCC1CC1. The zero-order valence-electron chi connectivity index (χ0n) is 9.17. The fourth-order valence-corrected chi connectivity index (χ4v) is 1.46. The highest BCUT2D eigenvalue weighted by atomic mass is 16.5. The van der Waals surface area contributed by atoms with Gasteiger partial charge in [0.15, 0.2) is 0 Å². The first-order chi connectivity index (χ1) is 6.70. The molecule has 0 heterocycles. The van der Waals surface area contributed by atoms with Crippen molar-refractivity contribution in [1.29, 1.82) is 0 Å². The van der Waals surface area contributed by atoms with Crippen molar-refractivity contribution in [2.45, 2.75) is 44.6 Å². The van der Waals surface area contributed by atoms with Crippen LogP contribution in [0.1, 0.15) is 39.0 Å². The molecule has 3 nitrogen and oxygen atoms in total. The topological polar surface area (TPSA) is 55.5 Å². The molecular weight excluding hydrogens is 178 g/mol. The smallest absolute Gasteiger partial charge is 0.0767 e. The Morgan fingerprint density at radius 1 is 1.50 bits per heavy atom. The molecule has 0 aromatic rings. The van der Waals surface area contributed by atoms with Crippen molar-refractivity contribution < 1.29 is 9.84 Å². The van der Waals surface area contributed by atoms with E-state index < -0.39 is 5.60 Å². The lowest BCUT2D eigenvalue weighted by atomic mass is 9.95. The van der Waals surface area contributed by atoms with Gasteiger partial charge in [0.25, 0.3) is 0 Å². The molecule has 1 atom stereocenters. The van der Waals surface area contributed by atoms with Gasteiger partial charge in [-0.1, -0.05) is 6.92 Å². The molecule has 1 aliphatic rings. The number of rotatable bonds is 8. The second-order valence-corrected chi connectivity index (χ2v) is 4.40. The number of hydrogen-bond acceptors (Lipinski definition) is 3. The van der Waals surface area contributed by atoms with Gasteiger partial charge in [-0.15, -0.1) is 0 Å². The maximum atomic E-state index is 9.87. The third-order valence-corrected chi connectivity index (χ3v) is 3.02. The summed E-state index contributed by atoms with van der Waals surface area (Å²) in [6, 6.07) is 0. The fraction of sp³-hybridized carbons (Fsp3) is 1.00. The van der Waals surface area contributed by atoms with E-state index in [1.54, 1.807) is 0 Å². The molecular formula is C11H23NO2. The molecule has 0 aromatic carbocycles. The molecule has 0 radical (unpaired) electrons. The van der Waals surface area contributed by atoms with E-state index in [-0.39, 0.29) is 0 Å². The summed E-state index contributed by atoms with van der Waals surface area (Å²) in [5.41, 5.74) is 4.84. The first kappa shape index (κ1) is 12.0. The van der Waals surface area contributed by atoms with Gasteiger partial charge >= 0.3 is 0 Å². The minimum Gasteiger partial charge on any atom is -0.389 e. The predicted octanol–water partition coefficient (Wildman–Crippen LogP) is 1.29. The van der Waals surface area contributed by atoms with Crippen LogP contribution in [0, 0.1) is 5.92 Å². The van der Waals surface area contributed by atoms with Crippen molar-refractivity contribution in [2.75, 3.05) is 19.8 Å². The summed E-state index contributed by atoms with van der Waals surface area (Å²) in [6.45, 7) is 4.00. The number of ether oxygens (including phenoxy) is 1. The van der Waals surface area contributed by atoms with Gasteiger partial charge < -0.3 is 15.6 Å². The molecule has 1 rings (SSSR count). The number of hydrogen-bond donors (Lipinski definition) is 2. The van der Waals surface area contributed by atoms with Crippen molar-refractivity contribution in [1.82, 2.24) is 0 Å². The van der Waals surface area contributed by atoms with Crippen LogP contribution < -0.4 is 5.73 Å². The molecule has 1 saturated carbocycles. The van der Waals surface area contributed by atoms with Crippen molar-refractivity contribution >= 4 is 0 Å². The highest BCUT2D eigenvalue weighted by molar-refractivity contribution is 4.77. The van der Waals surface area contributed by atoms with Gasteiger partial charge in [0.05, 0.1) is 5.60 Å². The Balaban J connectivity index is 1.95. The van der Waals surface area contributed by atoms with E-state index in [9.17, 15) is 5.11 Å². The van der Waals surface area contributed by atoms with Crippen molar-refractivity contribution in [3.8, 4) is 0 Å². The van der Waals surface area contributed by atoms with E-state index in [1.807, 2.05) is 6.92 Å². The molecule has 0 spiro atoms. The molecule has 1 aliphatic carbocycles. The van der Waals surface area contributed by atoms with Crippen molar-refractivity contribution in [3.63, 3.8) is 0 Å². The van der Waals surface area contributed by atoms with Gasteiger partial charge in [-0.3, -0.25) is 0 Å². The Bertz CT molecular complexity index is 153. The molecule has 14 heavy (non-hydrogen) atoms. The molecule has 3 N–H and O–H groups in total. The molecule has 84 valence electrons. The van der Waals surface area contributed by atoms with E-state index in [2.05, 4.69) is 0 Å². The summed E-state index contributed by atoms with van der Waals surface area (Å²) in [7, 11) is 0. The maximum Gasteiger partial charge on any atom is 0.0767 e. The average Bonchev–Trinajstić information content (AvgIpc) is 3.01. The molecule has 1 fully saturated rings. The van der Waals surface area contributed by atoms with Gasteiger partial charge in [-0.25, -0.2) is 0 Å². The Morgan fingerprint density at radius 2 is 2.21 bits per heavy atom. The van der Waals surface area contributed by atoms with Crippen LogP contribution in [-0.2, 0) is 4.74 Å². The minimum atomic E-state index is -0.664. The van der Waals surface area contributed by atoms with E-state index in [0.717, 1.165) is 38.4 Å². The second kappa shape index (κ2) is 5.69. The highest BCUT2D eigenvalue weighted by Crippen LogP contribution is 2.28. The summed E-state index contributed by atoms with van der Waals surface area (Å²) in [6.07, 6.45) is 5.06. The van der Waals surface area contributed by atoms with Crippen LogP contribution >= 0.6 is 0 Å². The molecule has 3 heteroatoms.